The lowest BCUT2D eigenvalue weighted by atomic mass is 9.83. The number of nitrogens with zero attached hydrogens (tertiary/aromatic N) is 5. The van der Waals surface area contributed by atoms with E-state index in [1.807, 2.05) is 36.4 Å². The van der Waals surface area contributed by atoms with Gasteiger partial charge in [-0.25, -0.2) is 19.5 Å². The highest BCUT2D eigenvalue weighted by atomic mass is 32.2. The number of thioether (sulfide) groups is 1. The Bertz CT molecular complexity index is 1950. The molecule has 1 atom stereocenters. The topological polar surface area (TPSA) is 65.2 Å². The largest absolute Gasteiger partial charge is 0.438 e. The molecule has 182 valence electrons. The van der Waals surface area contributed by atoms with Crippen molar-refractivity contribution in [2.24, 2.45) is 0 Å². The lowest BCUT2D eigenvalue weighted by Crippen LogP contribution is -2.15. The molecule has 6 nitrogen and oxygen atoms in total. The molecule has 0 amide bonds. The minimum Gasteiger partial charge on any atom is -0.438 e. The van der Waals surface area contributed by atoms with Gasteiger partial charge in [-0.3, -0.25) is 0 Å². The predicted molar refractivity (Wildman–Crippen MR) is 151 cm³/mol. The lowest BCUT2D eigenvalue weighted by Gasteiger charge is -2.28. The number of thiazole rings is 1. The molecule has 38 heavy (non-hydrogen) atoms. The van der Waals surface area contributed by atoms with Gasteiger partial charge in [0.25, 0.3) is 0 Å². The van der Waals surface area contributed by atoms with Crippen molar-refractivity contribution >= 4 is 49.7 Å². The first-order valence-corrected chi connectivity index (χ1v) is 14.1. The summed E-state index contributed by atoms with van der Waals surface area (Å²) in [4.78, 5) is 14.4. The van der Waals surface area contributed by atoms with Crippen molar-refractivity contribution in [3.8, 4) is 11.6 Å². The molecule has 7 aromatic rings. The normalized spacial score (nSPS) is 14.5. The second kappa shape index (κ2) is 8.65. The first-order chi connectivity index (χ1) is 18.8. The predicted octanol–water partition coefficient (Wildman–Crippen LogP) is 7.47. The molecule has 8 heteroatoms. The zero-order valence-corrected chi connectivity index (χ0v) is 21.6. The molecule has 1 aliphatic rings. The summed E-state index contributed by atoms with van der Waals surface area (Å²) in [6, 6.07) is 31.3. The summed E-state index contributed by atoms with van der Waals surface area (Å²) in [5, 5.41) is 6.98. The average Bonchev–Trinajstić information content (AvgIpc) is 3.59. The van der Waals surface area contributed by atoms with Crippen LogP contribution in [0.3, 0.4) is 0 Å². The second-order valence-corrected chi connectivity index (χ2v) is 11.4. The van der Waals surface area contributed by atoms with Gasteiger partial charge in [-0.05, 0) is 23.1 Å². The molecular formula is C30H19N5OS2. The molecule has 0 radical (unpaired) electrons. The first-order valence-electron chi connectivity index (χ1n) is 12.3. The summed E-state index contributed by atoms with van der Waals surface area (Å²) in [5.74, 6) is 2.71. The van der Waals surface area contributed by atoms with Crippen molar-refractivity contribution in [2.45, 2.75) is 16.0 Å². The highest BCUT2D eigenvalue weighted by Crippen LogP contribution is 2.50. The summed E-state index contributed by atoms with van der Waals surface area (Å²) in [6.07, 6.45) is 1.70. The monoisotopic (exact) mass is 529 g/mol. The van der Waals surface area contributed by atoms with Gasteiger partial charge >= 0.3 is 0 Å². The number of para-hydroxylation sites is 1. The minimum atomic E-state index is -0.0790. The summed E-state index contributed by atoms with van der Waals surface area (Å²) in [5.41, 5.74) is 4.99. The zero-order chi connectivity index (χ0) is 25.1. The number of hydrogen-bond donors (Lipinski definition) is 0. The quantitative estimate of drug-likeness (QED) is 0.220. The van der Waals surface area contributed by atoms with Gasteiger partial charge < -0.3 is 4.74 Å². The standard InChI is InChI=1S/C30H19N5OS2/c1-2-9-19(10-3-1)25-21-15-14-18-8-4-5-11-20(18)27(21)36-29-26(25)28-33-24(34-35(28)17-31-29)16-37-30-32-22-12-6-7-13-23(22)38-30/h1-15,17,25H,16H2/t25-/m0/s1. The summed E-state index contributed by atoms with van der Waals surface area (Å²) in [6.45, 7) is 0. The smallest absolute Gasteiger partial charge is 0.228 e. The fourth-order valence-electron chi connectivity index (χ4n) is 5.18. The second-order valence-electron chi connectivity index (χ2n) is 9.15. The molecule has 4 aromatic carbocycles. The molecule has 0 fully saturated rings. The van der Waals surface area contributed by atoms with Crippen LogP contribution in [0.5, 0.6) is 11.6 Å². The van der Waals surface area contributed by atoms with E-state index in [0.29, 0.717) is 11.6 Å². The number of benzene rings is 4. The Morgan fingerprint density at radius 2 is 1.71 bits per heavy atom. The highest BCUT2D eigenvalue weighted by Gasteiger charge is 2.34. The van der Waals surface area contributed by atoms with Gasteiger partial charge in [0, 0.05) is 16.9 Å². The summed E-state index contributed by atoms with van der Waals surface area (Å²) >= 11 is 3.35. The minimum absolute atomic E-state index is 0.0790. The fraction of sp³-hybridized carbons (Fsp3) is 0.0667. The van der Waals surface area contributed by atoms with Crippen molar-refractivity contribution in [3.63, 3.8) is 0 Å². The molecular weight excluding hydrogens is 510 g/mol. The molecule has 0 aliphatic carbocycles. The molecule has 0 saturated carbocycles. The van der Waals surface area contributed by atoms with Gasteiger partial charge in [-0.2, -0.15) is 0 Å². The molecule has 1 aliphatic heterocycles. The van der Waals surface area contributed by atoms with Crippen molar-refractivity contribution in [3.05, 3.63) is 120 Å². The van der Waals surface area contributed by atoms with Gasteiger partial charge in [-0.1, -0.05) is 90.6 Å². The van der Waals surface area contributed by atoms with Gasteiger partial charge in [0.1, 0.15) is 12.1 Å². The number of aromatic nitrogens is 5. The van der Waals surface area contributed by atoms with Crippen LogP contribution in [-0.2, 0) is 5.75 Å². The first kappa shape index (κ1) is 21.8. The molecule has 0 unspecified atom stereocenters. The van der Waals surface area contributed by atoms with Crippen LogP contribution in [0.2, 0.25) is 0 Å². The molecule has 0 N–H and O–H groups in total. The van der Waals surface area contributed by atoms with E-state index in [0.717, 1.165) is 54.5 Å². The lowest BCUT2D eigenvalue weighted by molar-refractivity contribution is 0.437. The van der Waals surface area contributed by atoms with Gasteiger partial charge in [0.15, 0.2) is 15.8 Å². The number of ether oxygens (including phenoxy) is 1. The van der Waals surface area contributed by atoms with Gasteiger partial charge in [-0.15, -0.1) is 16.4 Å². The van der Waals surface area contributed by atoms with Gasteiger partial charge in [0.05, 0.1) is 21.5 Å². The van der Waals surface area contributed by atoms with Crippen molar-refractivity contribution in [2.75, 3.05) is 0 Å². The Kier molecular flexibility index (Phi) is 4.96. The Morgan fingerprint density at radius 3 is 2.63 bits per heavy atom. The SMILES string of the molecule is c1ccc([C@H]2c3ccc4ccccc4c3Oc3ncn4nc(CSc5nc6ccccc6s5)nc4c32)cc1. The maximum absolute atomic E-state index is 6.52. The molecule has 0 bridgehead atoms. The van der Waals surface area contributed by atoms with E-state index in [2.05, 4.69) is 54.6 Å². The third-order valence-corrected chi connectivity index (χ3v) is 9.05. The summed E-state index contributed by atoms with van der Waals surface area (Å²) in [7, 11) is 0. The van der Waals surface area contributed by atoms with E-state index in [1.165, 1.54) is 4.70 Å². The molecule has 0 saturated heterocycles. The van der Waals surface area contributed by atoms with Crippen LogP contribution in [-0.4, -0.2) is 24.6 Å². The average molecular weight is 530 g/mol. The molecule has 0 spiro atoms. The molecule has 8 rings (SSSR count). The van der Waals surface area contributed by atoms with E-state index in [-0.39, 0.29) is 5.92 Å². The van der Waals surface area contributed by atoms with Crippen molar-refractivity contribution < 1.29 is 4.74 Å². The maximum Gasteiger partial charge on any atom is 0.228 e. The van der Waals surface area contributed by atoms with E-state index in [4.69, 9.17) is 24.8 Å². The van der Waals surface area contributed by atoms with Crippen LogP contribution < -0.4 is 4.74 Å². The zero-order valence-electron chi connectivity index (χ0n) is 20.0. The Hall–Kier alpha value is -4.27. The van der Waals surface area contributed by atoms with Crippen molar-refractivity contribution in [1.82, 2.24) is 24.6 Å². The van der Waals surface area contributed by atoms with E-state index in [1.54, 1.807) is 33.9 Å². The molecule has 3 aromatic heterocycles. The number of fused-ring (bicyclic) bond motifs is 7. The van der Waals surface area contributed by atoms with Crippen LogP contribution in [0.4, 0.5) is 0 Å². The van der Waals surface area contributed by atoms with Crippen LogP contribution in [0.15, 0.2) is 102 Å². The Balaban J connectivity index is 1.24. The molecule has 4 heterocycles. The number of hydrogen-bond acceptors (Lipinski definition) is 7. The van der Waals surface area contributed by atoms with Crippen LogP contribution in [0.1, 0.15) is 28.4 Å². The van der Waals surface area contributed by atoms with Crippen LogP contribution in [0, 0.1) is 0 Å². The highest BCUT2D eigenvalue weighted by molar-refractivity contribution is 8.00. The van der Waals surface area contributed by atoms with E-state index >= 15 is 0 Å². The van der Waals surface area contributed by atoms with Crippen LogP contribution >= 0.6 is 23.1 Å². The third kappa shape index (κ3) is 3.48. The van der Waals surface area contributed by atoms with E-state index in [9.17, 15) is 0 Å². The van der Waals surface area contributed by atoms with E-state index < -0.39 is 0 Å². The Morgan fingerprint density at radius 1 is 0.868 bits per heavy atom. The van der Waals surface area contributed by atoms with Gasteiger partial charge in [0.2, 0.25) is 5.88 Å². The Labute approximate surface area is 226 Å². The number of rotatable bonds is 4. The van der Waals surface area contributed by atoms with Crippen molar-refractivity contribution in [1.29, 1.82) is 0 Å². The third-order valence-electron chi connectivity index (χ3n) is 6.87. The summed E-state index contributed by atoms with van der Waals surface area (Å²) < 4.78 is 10.5. The maximum atomic E-state index is 6.52. The fourth-order valence-corrected chi connectivity index (χ4v) is 7.10. The van der Waals surface area contributed by atoms with Crippen LogP contribution in [0.25, 0.3) is 26.6 Å².